The zero-order chi connectivity index (χ0) is 31.1. The van der Waals surface area contributed by atoms with Crippen molar-refractivity contribution in [3.63, 3.8) is 0 Å². The molecule has 44 heavy (non-hydrogen) atoms. The van der Waals surface area contributed by atoms with Crippen molar-refractivity contribution in [1.29, 1.82) is 0 Å². The van der Waals surface area contributed by atoms with E-state index in [1.807, 2.05) is 0 Å². The maximum atomic E-state index is 15.4. The standard InChI is InChI=1S/C29H23Cl2F3N8O2/c1-15-20(32)6-8-23(16-3-2-4-17(9-16)27-22(37-28(15)44)12-36-42(27)29(33)34)40-14-35-21(11-26(40)43)19-10-18(30)5-7-24(19)41-13-25(31)38-39-41/h2-5,7,9-15,20,23,29H,6,8H2,1H3,(H,37,44)/t15-,20?,23-/m0/s1. The van der Waals surface area contributed by atoms with Crippen LogP contribution in [-0.4, -0.2) is 46.4 Å². The first kappa shape index (κ1) is 29.6. The van der Waals surface area contributed by atoms with Crippen molar-refractivity contribution in [3.8, 4) is 28.2 Å². The van der Waals surface area contributed by atoms with Crippen molar-refractivity contribution in [3.05, 3.63) is 93.3 Å². The van der Waals surface area contributed by atoms with E-state index in [4.69, 9.17) is 23.2 Å². The summed E-state index contributed by atoms with van der Waals surface area (Å²) >= 11 is 12.2. The van der Waals surface area contributed by atoms with Gasteiger partial charge in [0.2, 0.25) is 5.91 Å². The summed E-state index contributed by atoms with van der Waals surface area (Å²) < 4.78 is 46.5. The lowest BCUT2D eigenvalue weighted by Gasteiger charge is -2.24. The molecule has 3 aromatic heterocycles. The normalized spacial score (nSPS) is 18.8. The van der Waals surface area contributed by atoms with Gasteiger partial charge in [-0.15, -0.1) is 5.10 Å². The van der Waals surface area contributed by atoms with Crippen LogP contribution in [0.15, 0.2) is 72.0 Å². The van der Waals surface area contributed by atoms with Crippen LogP contribution in [0.2, 0.25) is 10.2 Å². The van der Waals surface area contributed by atoms with Gasteiger partial charge >= 0.3 is 6.55 Å². The van der Waals surface area contributed by atoms with Crippen molar-refractivity contribution in [2.45, 2.75) is 38.5 Å². The molecule has 1 aliphatic heterocycles. The number of alkyl halides is 3. The number of aromatic nitrogens is 7. The summed E-state index contributed by atoms with van der Waals surface area (Å²) in [5, 5.41) is 14.7. The molecule has 2 bridgehead atoms. The van der Waals surface area contributed by atoms with Crippen molar-refractivity contribution < 1.29 is 18.0 Å². The minimum atomic E-state index is -3.00. The zero-order valence-electron chi connectivity index (χ0n) is 22.9. The fraction of sp³-hybridized carbons (Fsp3) is 0.241. The maximum Gasteiger partial charge on any atom is 0.333 e. The second kappa shape index (κ2) is 11.9. The Morgan fingerprint density at radius 1 is 1.07 bits per heavy atom. The van der Waals surface area contributed by atoms with Crippen LogP contribution < -0.4 is 10.9 Å². The predicted octanol–water partition coefficient (Wildman–Crippen LogP) is 6.35. The number of carbonyl (C=O) groups excluding carboxylic acids is 1. The second-order valence-electron chi connectivity index (χ2n) is 10.3. The average molecular weight is 643 g/mol. The summed E-state index contributed by atoms with van der Waals surface area (Å²) in [6.45, 7) is -1.58. The summed E-state index contributed by atoms with van der Waals surface area (Å²) in [6.07, 6.45) is 2.42. The van der Waals surface area contributed by atoms with Crippen LogP contribution >= 0.6 is 23.2 Å². The number of rotatable bonds is 4. The fourth-order valence-electron chi connectivity index (χ4n) is 5.29. The first-order valence-corrected chi connectivity index (χ1v) is 14.2. The number of nitrogens with zero attached hydrogens (tertiary/aromatic N) is 7. The largest absolute Gasteiger partial charge is 0.333 e. The first-order chi connectivity index (χ1) is 21.1. The lowest BCUT2D eigenvalue weighted by atomic mass is 9.93. The Bertz CT molecular complexity index is 1920. The van der Waals surface area contributed by atoms with E-state index in [1.54, 1.807) is 42.5 Å². The van der Waals surface area contributed by atoms with Crippen molar-refractivity contribution in [1.82, 2.24) is 34.3 Å². The Labute approximate surface area is 258 Å². The second-order valence-corrected chi connectivity index (χ2v) is 11.1. The van der Waals surface area contributed by atoms with Gasteiger partial charge in [0.1, 0.15) is 6.17 Å². The van der Waals surface area contributed by atoms with Crippen LogP contribution in [0, 0.1) is 5.92 Å². The molecule has 15 heteroatoms. The molecule has 3 atom stereocenters. The van der Waals surface area contributed by atoms with Crippen molar-refractivity contribution in [2.24, 2.45) is 5.92 Å². The molecule has 4 heterocycles. The maximum absolute atomic E-state index is 15.4. The van der Waals surface area contributed by atoms with Crippen LogP contribution in [-0.2, 0) is 4.79 Å². The lowest BCUT2D eigenvalue weighted by molar-refractivity contribution is -0.121. The van der Waals surface area contributed by atoms with Gasteiger partial charge < -0.3 is 5.32 Å². The van der Waals surface area contributed by atoms with Gasteiger partial charge in [-0.3, -0.25) is 14.2 Å². The Hall–Kier alpha value is -4.49. The summed E-state index contributed by atoms with van der Waals surface area (Å²) in [6, 6.07) is 12.1. The van der Waals surface area contributed by atoms with Gasteiger partial charge in [-0.05, 0) is 42.7 Å². The Balaban J connectivity index is 1.46. The summed E-state index contributed by atoms with van der Waals surface area (Å²) in [7, 11) is 0. The van der Waals surface area contributed by atoms with Crippen molar-refractivity contribution in [2.75, 3.05) is 5.32 Å². The molecule has 5 aromatic rings. The highest BCUT2D eigenvalue weighted by molar-refractivity contribution is 6.31. The molecule has 1 amide bonds. The number of halogens is 5. The Kier molecular flexibility index (Phi) is 7.99. The third-order valence-corrected chi connectivity index (χ3v) is 7.98. The minimum absolute atomic E-state index is 0.0257. The number of hydrogen-bond acceptors (Lipinski definition) is 6. The summed E-state index contributed by atoms with van der Waals surface area (Å²) in [5.74, 6) is -1.77. The highest BCUT2D eigenvalue weighted by Crippen LogP contribution is 2.36. The molecule has 226 valence electrons. The molecular weight excluding hydrogens is 620 g/mol. The SMILES string of the molecule is C[C@@H]1C(=O)Nc2cnn(C(F)F)c2-c2cccc(c2)[C@@H](n2cnc(-c3cc(Cl)ccc3-n3cc(Cl)nn3)cc2=O)CCC1F. The average Bonchev–Trinajstić information content (AvgIpc) is 3.63. The van der Waals surface area contributed by atoms with Gasteiger partial charge in [0.25, 0.3) is 5.56 Å². The van der Waals surface area contributed by atoms with Gasteiger partial charge in [0, 0.05) is 22.2 Å². The molecule has 0 saturated carbocycles. The molecule has 6 rings (SSSR count). The third kappa shape index (κ3) is 5.60. The Morgan fingerprint density at radius 2 is 1.89 bits per heavy atom. The molecule has 0 spiro atoms. The van der Waals surface area contributed by atoms with Crippen LogP contribution in [0.1, 0.15) is 37.9 Å². The van der Waals surface area contributed by atoms with E-state index in [0.29, 0.717) is 32.1 Å². The van der Waals surface area contributed by atoms with Gasteiger partial charge in [-0.25, -0.2) is 18.7 Å². The fourth-order valence-corrected chi connectivity index (χ4v) is 5.59. The topological polar surface area (TPSA) is 113 Å². The minimum Gasteiger partial charge on any atom is -0.323 e. The van der Waals surface area contributed by atoms with Gasteiger partial charge in [0.05, 0.1) is 53.4 Å². The number of anilines is 1. The van der Waals surface area contributed by atoms with E-state index >= 15 is 4.39 Å². The zero-order valence-corrected chi connectivity index (χ0v) is 24.4. The number of nitrogens with one attached hydrogen (secondary N) is 1. The quantitative estimate of drug-likeness (QED) is 0.244. The molecule has 1 N–H and O–H groups in total. The highest BCUT2D eigenvalue weighted by Gasteiger charge is 2.30. The number of fused-ring (bicyclic) bond motifs is 4. The smallest absolute Gasteiger partial charge is 0.323 e. The Morgan fingerprint density at radius 3 is 2.61 bits per heavy atom. The lowest BCUT2D eigenvalue weighted by Crippen LogP contribution is -2.30. The van der Waals surface area contributed by atoms with Crippen LogP contribution in [0.25, 0.3) is 28.2 Å². The highest BCUT2D eigenvalue weighted by atomic mass is 35.5. The van der Waals surface area contributed by atoms with E-state index < -0.39 is 36.1 Å². The van der Waals surface area contributed by atoms with E-state index in [9.17, 15) is 18.4 Å². The van der Waals surface area contributed by atoms with Crippen LogP contribution in [0.4, 0.5) is 18.9 Å². The monoisotopic (exact) mass is 642 g/mol. The van der Waals surface area contributed by atoms with Crippen LogP contribution in [0.3, 0.4) is 0 Å². The predicted molar refractivity (Wildman–Crippen MR) is 158 cm³/mol. The summed E-state index contributed by atoms with van der Waals surface area (Å²) in [5.41, 5.74) is 1.71. The molecule has 0 saturated heterocycles. The van der Waals surface area contributed by atoms with E-state index in [2.05, 4.69) is 25.7 Å². The number of carbonyl (C=O) groups is 1. The molecule has 1 aliphatic rings. The van der Waals surface area contributed by atoms with Gasteiger partial charge in [-0.2, -0.15) is 13.9 Å². The summed E-state index contributed by atoms with van der Waals surface area (Å²) in [4.78, 5) is 31.1. The van der Waals surface area contributed by atoms with Crippen molar-refractivity contribution >= 4 is 34.8 Å². The third-order valence-electron chi connectivity index (χ3n) is 7.57. The van der Waals surface area contributed by atoms with Crippen LogP contribution in [0.5, 0.6) is 0 Å². The number of benzene rings is 2. The van der Waals surface area contributed by atoms with Gasteiger partial charge in [0.15, 0.2) is 5.15 Å². The molecular formula is C29H23Cl2F3N8O2. The number of hydrogen-bond donors (Lipinski definition) is 1. The molecule has 2 aromatic carbocycles. The van der Waals surface area contributed by atoms with E-state index in [-0.39, 0.29) is 35.1 Å². The first-order valence-electron chi connectivity index (χ1n) is 13.5. The molecule has 10 nitrogen and oxygen atoms in total. The molecule has 0 radical (unpaired) electrons. The van der Waals surface area contributed by atoms with Gasteiger partial charge in [-0.1, -0.05) is 53.5 Å². The van der Waals surface area contributed by atoms with E-state index in [0.717, 1.165) is 6.20 Å². The molecule has 0 aliphatic carbocycles. The molecule has 0 fully saturated rings. The number of amides is 1. The molecule has 1 unspecified atom stereocenters. The van der Waals surface area contributed by atoms with E-state index in [1.165, 1.54) is 34.8 Å².